The van der Waals surface area contributed by atoms with Crippen LogP contribution in [-0.2, 0) is 0 Å². The van der Waals surface area contributed by atoms with Gasteiger partial charge in [-0.2, -0.15) is 0 Å². The number of anilines is 2. The number of hydrogen-bond donors (Lipinski definition) is 3. The maximum atomic E-state index is 13.7. The zero-order valence-corrected chi connectivity index (χ0v) is 11.2. The molecule has 0 unspecified atom stereocenters. The molecule has 0 spiro atoms. The fraction of sp³-hybridized carbons (Fsp3) is 0.143. The lowest BCUT2D eigenvalue weighted by Gasteiger charge is -2.12. The third-order valence-electron chi connectivity index (χ3n) is 2.90. The monoisotopic (exact) mass is 274 g/mol. The molecule has 1 aromatic heterocycles. The average Bonchev–Trinajstić information content (AvgIpc) is 2.42. The summed E-state index contributed by atoms with van der Waals surface area (Å²) >= 11 is 0. The smallest absolute Gasteiger partial charge is 0.259 e. The van der Waals surface area contributed by atoms with Crippen LogP contribution in [0.5, 0.6) is 0 Å². The lowest BCUT2D eigenvalue weighted by atomic mass is 10.1. The number of para-hydroxylation sites is 1. The number of hydrazine groups is 1. The molecule has 0 saturated carbocycles. The van der Waals surface area contributed by atoms with Gasteiger partial charge in [0.25, 0.3) is 5.91 Å². The Bertz CT molecular complexity index is 637. The van der Waals surface area contributed by atoms with Gasteiger partial charge in [0.15, 0.2) is 0 Å². The summed E-state index contributed by atoms with van der Waals surface area (Å²) in [4.78, 5) is 16.2. The number of nitrogens with zero attached hydrogens (tertiary/aromatic N) is 1. The Balaban J connectivity index is 2.33. The van der Waals surface area contributed by atoms with E-state index < -0.39 is 11.7 Å². The topological polar surface area (TPSA) is 80.0 Å². The second-order valence-electron chi connectivity index (χ2n) is 4.40. The largest absolute Gasteiger partial charge is 0.323 e. The van der Waals surface area contributed by atoms with Gasteiger partial charge in [-0.25, -0.2) is 4.39 Å². The van der Waals surface area contributed by atoms with Crippen molar-refractivity contribution >= 4 is 17.3 Å². The van der Waals surface area contributed by atoms with E-state index in [1.54, 1.807) is 32.0 Å². The van der Waals surface area contributed by atoms with Gasteiger partial charge in [0.1, 0.15) is 5.82 Å². The number of nitrogens with one attached hydrogen (secondary N) is 2. The number of aromatic nitrogens is 1. The molecule has 0 fully saturated rings. The van der Waals surface area contributed by atoms with Crippen molar-refractivity contribution in [3.05, 3.63) is 53.1 Å². The van der Waals surface area contributed by atoms with Gasteiger partial charge >= 0.3 is 0 Å². The molecular formula is C14H15FN4O. The van der Waals surface area contributed by atoms with Crippen molar-refractivity contribution in [2.75, 3.05) is 10.7 Å². The summed E-state index contributed by atoms with van der Waals surface area (Å²) in [5.74, 6) is 4.42. The van der Waals surface area contributed by atoms with Gasteiger partial charge in [0.2, 0.25) is 0 Å². The first-order valence-electron chi connectivity index (χ1n) is 6.02. The lowest BCUT2D eigenvalue weighted by Crippen LogP contribution is -2.19. The Morgan fingerprint density at radius 3 is 2.75 bits per heavy atom. The Labute approximate surface area is 116 Å². The number of carbonyl (C=O) groups excluding carboxylic acids is 1. The van der Waals surface area contributed by atoms with Crippen molar-refractivity contribution in [3.63, 3.8) is 0 Å². The number of pyridine rings is 1. The minimum atomic E-state index is -0.485. The molecular weight excluding hydrogens is 259 g/mol. The molecule has 104 valence electrons. The quantitative estimate of drug-likeness (QED) is 0.593. The van der Waals surface area contributed by atoms with Gasteiger partial charge < -0.3 is 10.7 Å². The molecule has 1 heterocycles. The molecule has 0 aliphatic carbocycles. The molecule has 2 rings (SSSR count). The van der Waals surface area contributed by atoms with Crippen molar-refractivity contribution in [3.8, 4) is 0 Å². The van der Waals surface area contributed by atoms with Gasteiger partial charge in [-0.15, -0.1) is 0 Å². The van der Waals surface area contributed by atoms with Crippen LogP contribution < -0.4 is 16.6 Å². The molecule has 0 aliphatic heterocycles. The summed E-state index contributed by atoms with van der Waals surface area (Å²) in [7, 11) is 0. The summed E-state index contributed by atoms with van der Waals surface area (Å²) in [5.41, 5.74) is 4.63. The molecule has 1 amide bonds. The SMILES string of the molecule is Cc1cc(NN)c(C(=O)Nc2c(C)cccc2F)cn1. The first kappa shape index (κ1) is 14.0. The maximum Gasteiger partial charge on any atom is 0.259 e. The molecule has 20 heavy (non-hydrogen) atoms. The molecule has 0 saturated heterocycles. The van der Waals surface area contributed by atoms with Gasteiger partial charge in [0.05, 0.1) is 16.9 Å². The number of nitrogens with two attached hydrogens (primary N) is 1. The lowest BCUT2D eigenvalue weighted by molar-refractivity contribution is 0.102. The fourth-order valence-electron chi connectivity index (χ4n) is 1.83. The molecule has 0 bridgehead atoms. The molecule has 0 aliphatic rings. The van der Waals surface area contributed by atoms with E-state index in [0.717, 1.165) is 5.69 Å². The Morgan fingerprint density at radius 2 is 2.10 bits per heavy atom. The molecule has 4 N–H and O–H groups in total. The van der Waals surface area contributed by atoms with Crippen LogP contribution >= 0.6 is 0 Å². The van der Waals surface area contributed by atoms with E-state index in [0.29, 0.717) is 11.3 Å². The van der Waals surface area contributed by atoms with Crippen molar-refractivity contribution in [1.29, 1.82) is 0 Å². The molecule has 0 radical (unpaired) electrons. The van der Waals surface area contributed by atoms with Crippen LogP contribution in [0.3, 0.4) is 0 Å². The van der Waals surface area contributed by atoms with Crippen LogP contribution in [0.2, 0.25) is 0 Å². The summed E-state index contributed by atoms with van der Waals surface area (Å²) in [6.45, 7) is 3.50. The van der Waals surface area contributed by atoms with E-state index in [-0.39, 0.29) is 11.3 Å². The number of carbonyl (C=O) groups is 1. The van der Waals surface area contributed by atoms with Crippen LogP contribution in [0.25, 0.3) is 0 Å². The number of amides is 1. The maximum absolute atomic E-state index is 13.7. The van der Waals surface area contributed by atoms with Crippen molar-refractivity contribution in [2.45, 2.75) is 13.8 Å². The van der Waals surface area contributed by atoms with Gasteiger partial charge in [-0.05, 0) is 31.5 Å². The van der Waals surface area contributed by atoms with Crippen LogP contribution in [0.15, 0.2) is 30.5 Å². The highest BCUT2D eigenvalue weighted by Crippen LogP contribution is 2.21. The van der Waals surface area contributed by atoms with Crippen LogP contribution in [-0.4, -0.2) is 10.9 Å². The van der Waals surface area contributed by atoms with Crippen molar-refractivity contribution in [1.82, 2.24) is 4.98 Å². The standard InChI is InChI=1S/C14H15FN4O/c1-8-4-3-5-11(15)13(8)18-14(20)10-7-17-9(2)6-12(10)19-16/h3-7H,16H2,1-2H3,(H,17,19)(H,18,20). The Morgan fingerprint density at radius 1 is 1.35 bits per heavy atom. The zero-order valence-electron chi connectivity index (χ0n) is 11.2. The average molecular weight is 274 g/mol. The number of halogens is 1. The van der Waals surface area contributed by atoms with Crippen LogP contribution in [0.4, 0.5) is 15.8 Å². The normalized spacial score (nSPS) is 10.2. The van der Waals surface area contributed by atoms with Crippen LogP contribution in [0, 0.1) is 19.7 Å². The van der Waals surface area contributed by atoms with E-state index >= 15 is 0 Å². The molecule has 0 atom stereocenters. The first-order chi connectivity index (χ1) is 9.52. The van der Waals surface area contributed by atoms with Gasteiger partial charge in [-0.3, -0.25) is 15.6 Å². The third kappa shape index (κ3) is 2.75. The number of hydrogen-bond acceptors (Lipinski definition) is 4. The van der Waals surface area contributed by atoms with Gasteiger partial charge in [-0.1, -0.05) is 12.1 Å². The summed E-state index contributed by atoms with van der Waals surface area (Å²) in [5, 5.41) is 2.54. The molecule has 1 aromatic carbocycles. The Hall–Kier alpha value is -2.47. The van der Waals surface area contributed by atoms with E-state index in [2.05, 4.69) is 15.7 Å². The van der Waals surface area contributed by atoms with E-state index in [1.165, 1.54) is 12.3 Å². The highest BCUT2D eigenvalue weighted by atomic mass is 19.1. The van der Waals surface area contributed by atoms with E-state index in [1.807, 2.05) is 0 Å². The third-order valence-corrected chi connectivity index (χ3v) is 2.90. The molecule has 6 heteroatoms. The summed E-state index contributed by atoms with van der Waals surface area (Å²) < 4.78 is 13.7. The second kappa shape index (κ2) is 5.66. The van der Waals surface area contributed by atoms with Crippen LogP contribution in [0.1, 0.15) is 21.6 Å². The minimum absolute atomic E-state index is 0.154. The van der Waals surface area contributed by atoms with E-state index in [9.17, 15) is 9.18 Å². The summed E-state index contributed by atoms with van der Waals surface area (Å²) in [6, 6.07) is 6.23. The summed E-state index contributed by atoms with van der Waals surface area (Å²) in [6.07, 6.45) is 1.40. The predicted molar refractivity (Wildman–Crippen MR) is 75.9 cm³/mol. The van der Waals surface area contributed by atoms with Gasteiger partial charge in [0, 0.05) is 11.9 Å². The van der Waals surface area contributed by atoms with Crippen molar-refractivity contribution < 1.29 is 9.18 Å². The number of benzene rings is 1. The predicted octanol–water partition coefficient (Wildman–Crippen LogP) is 2.38. The number of rotatable bonds is 3. The first-order valence-corrected chi connectivity index (χ1v) is 6.02. The Kier molecular flexibility index (Phi) is 3.95. The van der Waals surface area contributed by atoms with E-state index in [4.69, 9.17) is 5.84 Å². The molecule has 2 aromatic rings. The highest BCUT2D eigenvalue weighted by Gasteiger charge is 2.15. The highest BCUT2D eigenvalue weighted by molar-refractivity contribution is 6.08. The zero-order chi connectivity index (χ0) is 14.7. The number of aryl methyl sites for hydroxylation is 2. The minimum Gasteiger partial charge on any atom is -0.323 e. The van der Waals surface area contributed by atoms with Crippen molar-refractivity contribution in [2.24, 2.45) is 5.84 Å². The number of nitrogen functional groups attached to an aromatic ring is 1. The fourth-order valence-corrected chi connectivity index (χ4v) is 1.83. The second-order valence-corrected chi connectivity index (χ2v) is 4.40. The molecule has 5 nitrogen and oxygen atoms in total.